The molecular weight excluding hydrogens is 458 g/mol. The van der Waals surface area contributed by atoms with Gasteiger partial charge >= 0.3 is 0 Å². The molecule has 0 saturated heterocycles. The summed E-state index contributed by atoms with van der Waals surface area (Å²) in [5.74, 6) is 1.92. The number of rotatable bonds is 9. The van der Waals surface area contributed by atoms with Crippen LogP contribution in [0.3, 0.4) is 0 Å². The molecule has 0 fully saturated rings. The molecular formula is C25H24ClN3O5. The maximum Gasteiger partial charge on any atom is 0.289 e. The van der Waals surface area contributed by atoms with E-state index in [-0.39, 0.29) is 30.4 Å². The molecule has 4 rings (SSSR count). The van der Waals surface area contributed by atoms with Gasteiger partial charge in [-0.1, -0.05) is 30.7 Å². The van der Waals surface area contributed by atoms with E-state index in [1.807, 2.05) is 19.1 Å². The van der Waals surface area contributed by atoms with Crippen LogP contribution in [0.25, 0.3) is 10.9 Å². The third kappa shape index (κ3) is 5.23. The highest BCUT2D eigenvalue weighted by Crippen LogP contribution is 2.27. The number of halogens is 1. The minimum absolute atomic E-state index is 0.123. The number of aromatic amines is 1. The van der Waals surface area contributed by atoms with Crippen LogP contribution < -0.4 is 15.0 Å². The van der Waals surface area contributed by atoms with Gasteiger partial charge < -0.3 is 23.8 Å². The lowest BCUT2D eigenvalue weighted by molar-refractivity contribution is 0.0702. The fraction of sp³-hybridized carbons (Fsp3) is 0.240. The summed E-state index contributed by atoms with van der Waals surface area (Å²) in [4.78, 5) is 34.4. The summed E-state index contributed by atoms with van der Waals surface area (Å²) in [6, 6.07) is 15.5. The van der Waals surface area contributed by atoms with Gasteiger partial charge in [-0.2, -0.15) is 0 Å². The molecule has 1 N–H and O–H groups in total. The van der Waals surface area contributed by atoms with Crippen molar-refractivity contribution >= 4 is 28.4 Å². The first-order chi connectivity index (χ1) is 16.5. The van der Waals surface area contributed by atoms with Crippen LogP contribution in [-0.2, 0) is 13.2 Å². The lowest BCUT2D eigenvalue weighted by Gasteiger charge is -2.20. The van der Waals surface area contributed by atoms with Gasteiger partial charge in [0.05, 0.1) is 24.6 Å². The Morgan fingerprint density at radius 2 is 1.94 bits per heavy atom. The average Bonchev–Trinajstić information content (AvgIpc) is 3.31. The number of carbonyl (C=O) groups excluding carboxylic acids is 1. The van der Waals surface area contributed by atoms with E-state index in [2.05, 4.69) is 9.97 Å². The third-order valence-corrected chi connectivity index (χ3v) is 5.39. The molecule has 4 aromatic rings. The molecule has 1 amide bonds. The number of benzene rings is 2. The molecule has 8 nitrogen and oxygen atoms in total. The van der Waals surface area contributed by atoms with Gasteiger partial charge in [0.25, 0.3) is 11.5 Å². The summed E-state index contributed by atoms with van der Waals surface area (Å²) in [7, 11) is 1.57. The van der Waals surface area contributed by atoms with E-state index in [9.17, 15) is 9.59 Å². The predicted molar refractivity (Wildman–Crippen MR) is 128 cm³/mol. The van der Waals surface area contributed by atoms with Crippen LogP contribution in [-0.4, -0.2) is 34.4 Å². The van der Waals surface area contributed by atoms with Gasteiger partial charge in [0.2, 0.25) is 0 Å². The van der Waals surface area contributed by atoms with Crippen LogP contribution in [0.15, 0.2) is 63.8 Å². The molecule has 0 aliphatic carbocycles. The highest BCUT2D eigenvalue weighted by atomic mass is 35.5. The molecule has 2 aromatic heterocycles. The zero-order valence-corrected chi connectivity index (χ0v) is 19.6. The van der Waals surface area contributed by atoms with Crippen molar-refractivity contribution in [3.63, 3.8) is 0 Å². The molecule has 0 radical (unpaired) electrons. The number of H-pyrrole nitrogens is 1. The second-order valence-electron chi connectivity index (χ2n) is 7.61. The van der Waals surface area contributed by atoms with Gasteiger partial charge in [-0.25, -0.2) is 4.98 Å². The van der Waals surface area contributed by atoms with Crippen molar-refractivity contribution < 1.29 is 18.7 Å². The quantitative estimate of drug-likeness (QED) is 0.368. The van der Waals surface area contributed by atoms with Gasteiger partial charge in [-0.05, 0) is 48.9 Å². The number of nitrogens with zero attached hydrogens (tertiary/aromatic N) is 2. The topological polar surface area (TPSA) is 97.7 Å². The van der Waals surface area contributed by atoms with Crippen molar-refractivity contribution in [1.29, 1.82) is 0 Å². The summed E-state index contributed by atoms with van der Waals surface area (Å²) < 4.78 is 16.8. The number of aromatic nitrogens is 2. The minimum Gasteiger partial charge on any atom is -0.493 e. The number of hydrogen-bond donors (Lipinski definition) is 1. The maximum atomic E-state index is 13.2. The molecule has 0 saturated carbocycles. The Balaban J connectivity index is 1.50. The number of furan rings is 1. The zero-order chi connectivity index (χ0) is 24.1. The van der Waals surface area contributed by atoms with Crippen molar-refractivity contribution in [3.05, 3.63) is 87.3 Å². The van der Waals surface area contributed by atoms with Crippen LogP contribution >= 0.6 is 11.6 Å². The SMILES string of the molecule is CCCN(Cc1nc2cc(Cl)ccc2c(=O)[nH]1)C(=O)c1ccc(COc2ccccc2OC)o1. The van der Waals surface area contributed by atoms with E-state index in [1.165, 1.54) is 0 Å². The van der Waals surface area contributed by atoms with Crippen molar-refractivity contribution in [3.8, 4) is 11.5 Å². The molecule has 176 valence electrons. The minimum atomic E-state index is -0.306. The van der Waals surface area contributed by atoms with Crippen molar-refractivity contribution in [2.75, 3.05) is 13.7 Å². The number of ether oxygens (including phenoxy) is 2. The molecule has 0 unspecified atom stereocenters. The first kappa shape index (κ1) is 23.4. The second kappa shape index (κ2) is 10.4. The van der Waals surface area contributed by atoms with E-state index >= 15 is 0 Å². The van der Waals surface area contributed by atoms with Gasteiger partial charge in [0, 0.05) is 11.6 Å². The smallest absolute Gasteiger partial charge is 0.289 e. The predicted octanol–water partition coefficient (Wildman–Crippen LogP) is 4.81. The summed E-state index contributed by atoms with van der Waals surface area (Å²) in [6.45, 7) is 2.69. The fourth-order valence-electron chi connectivity index (χ4n) is 3.55. The summed E-state index contributed by atoms with van der Waals surface area (Å²) in [6.07, 6.45) is 0.722. The molecule has 0 aliphatic heterocycles. The van der Waals surface area contributed by atoms with Crippen LogP contribution in [0.2, 0.25) is 5.02 Å². The Hall–Kier alpha value is -3.78. The number of hydrogen-bond acceptors (Lipinski definition) is 6. The molecule has 0 spiro atoms. The molecule has 0 atom stereocenters. The first-order valence-corrected chi connectivity index (χ1v) is 11.2. The van der Waals surface area contributed by atoms with Crippen LogP contribution in [0.4, 0.5) is 0 Å². The highest BCUT2D eigenvalue weighted by molar-refractivity contribution is 6.31. The van der Waals surface area contributed by atoms with E-state index < -0.39 is 0 Å². The Bertz CT molecular complexity index is 1360. The number of para-hydroxylation sites is 2. The van der Waals surface area contributed by atoms with Crippen LogP contribution in [0.1, 0.15) is 35.5 Å². The van der Waals surface area contributed by atoms with Crippen molar-refractivity contribution in [1.82, 2.24) is 14.9 Å². The van der Waals surface area contributed by atoms with Crippen molar-refractivity contribution in [2.24, 2.45) is 0 Å². The molecule has 0 aliphatic rings. The lowest BCUT2D eigenvalue weighted by atomic mass is 10.2. The van der Waals surface area contributed by atoms with Crippen LogP contribution in [0.5, 0.6) is 11.5 Å². The van der Waals surface area contributed by atoms with Gasteiger partial charge in [0.15, 0.2) is 17.3 Å². The number of amides is 1. The summed E-state index contributed by atoms with van der Waals surface area (Å²) in [5.41, 5.74) is 0.193. The largest absolute Gasteiger partial charge is 0.493 e. The maximum absolute atomic E-state index is 13.2. The Labute approximate surface area is 201 Å². The summed E-state index contributed by atoms with van der Waals surface area (Å²) in [5, 5.41) is 0.920. The standard InChI is InChI=1S/C25H24ClN3O5/c1-3-12-29(14-23-27-19-13-16(26)8-10-18(19)24(30)28-23)25(31)22-11-9-17(34-22)15-33-21-7-5-4-6-20(21)32-2/h4-11,13H,3,12,14-15H2,1-2H3,(H,27,28,30). The zero-order valence-electron chi connectivity index (χ0n) is 18.8. The lowest BCUT2D eigenvalue weighted by Crippen LogP contribution is -2.32. The summed E-state index contributed by atoms with van der Waals surface area (Å²) >= 11 is 6.05. The molecule has 9 heteroatoms. The Kier molecular flexibility index (Phi) is 7.18. The number of fused-ring (bicyclic) bond motifs is 1. The van der Waals surface area contributed by atoms with Gasteiger partial charge in [-0.3, -0.25) is 9.59 Å². The highest BCUT2D eigenvalue weighted by Gasteiger charge is 2.21. The fourth-order valence-corrected chi connectivity index (χ4v) is 3.72. The second-order valence-corrected chi connectivity index (χ2v) is 8.04. The Morgan fingerprint density at radius 3 is 2.71 bits per heavy atom. The normalized spacial score (nSPS) is 10.9. The number of methoxy groups -OCH3 is 1. The molecule has 0 bridgehead atoms. The first-order valence-electron chi connectivity index (χ1n) is 10.8. The average molecular weight is 482 g/mol. The molecule has 2 heterocycles. The molecule has 2 aromatic carbocycles. The monoisotopic (exact) mass is 481 g/mol. The van der Waals surface area contributed by atoms with Gasteiger partial charge in [-0.15, -0.1) is 0 Å². The van der Waals surface area contributed by atoms with E-state index in [0.717, 1.165) is 6.42 Å². The van der Waals surface area contributed by atoms with Crippen LogP contribution in [0, 0.1) is 0 Å². The van der Waals surface area contributed by atoms with Gasteiger partial charge in [0.1, 0.15) is 18.2 Å². The van der Waals surface area contributed by atoms with E-state index in [4.69, 9.17) is 25.5 Å². The third-order valence-electron chi connectivity index (χ3n) is 5.15. The van der Waals surface area contributed by atoms with E-state index in [0.29, 0.717) is 45.6 Å². The Morgan fingerprint density at radius 1 is 1.15 bits per heavy atom. The number of nitrogens with one attached hydrogen (secondary N) is 1. The number of carbonyl (C=O) groups is 1. The van der Waals surface area contributed by atoms with E-state index in [1.54, 1.807) is 54.5 Å². The molecule has 34 heavy (non-hydrogen) atoms. The van der Waals surface area contributed by atoms with Crippen molar-refractivity contribution in [2.45, 2.75) is 26.5 Å².